The molecule has 4 rings (SSSR count). The lowest BCUT2D eigenvalue weighted by Crippen LogP contribution is -2.28. The summed E-state index contributed by atoms with van der Waals surface area (Å²) in [6.45, 7) is 6.06. The molecule has 26 heavy (non-hydrogen) atoms. The average molecular weight is 347 g/mol. The van der Waals surface area contributed by atoms with Gasteiger partial charge in [-0.05, 0) is 49.6 Å². The van der Waals surface area contributed by atoms with Crippen molar-refractivity contribution in [2.45, 2.75) is 26.8 Å². The Bertz CT molecular complexity index is 1050. The summed E-state index contributed by atoms with van der Waals surface area (Å²) in [7, 11) is 1.42. The van der Waals surface area contributed by atoms with E-state index in [2.05, 4.69) is 35.9 Å². The Morgan fingerprint density at radius 3 is 2.50 bits per heavy atom. The predicted octanol–water partition coefficient (Wildman–Crippen LogP) is 4.12. The number of aryl methyl sites for hydroxylation is 2. The molecule has 0 spiro atoms. The molecule has 0 aliphatic carbocycles. The van der Waals surface area contributed by atoms with E-state index in [1.165, 1.54) is 18.2 Å². The van der Waals surface area contributed by atoms with Gasteiger partial charge in [0.05, 0.1) is 29.8 Å². The lowest BCUT2D eigenvalue weighted by atomic mass is 9.95. The first-order valence-corrected chi connectivity index (χ1v) is 8.61. The van der Waals surface area contributed by atoms with Crippen LogP contribution in [-0.2, 0) is 9.53 Å². The van der Waals surface area contributed by atoms with E-state index in [0.717, 1.165) is 28.2 Å². The van der Waals surface area contributed by atoms with Crippen LogP contribution in [0.25, 0.3) is 11.0 Å². The lowest BCUT2D eigenvalue weighted by Gasteiger charge is -2.30. The first-order valence-electron chi connectivity index (χ1n) is 8.61. The number of hydrogen-bond donors (Lipinski definition) is 1. The summed E-state index contributed by atoms with van der Waals surface area (Å²) >= 11 is 0. The van der Waals surface area contributed by atoms with E-state index in [9.17, 15) is 4.79 Å². The Labute approximate surface area is 152 Å². The van der Waals surface area contributed by atoms with Crippen LogP contribution in [0.15, 0.2) is 53.7 Å². The average Bonchev–Trinajstić information content (AvgIpc) is 2.97. The Kier molecular flexibility index (Phi) is 3.80. The number of carbonyl (C=O) groups is 1. The zero-order chi connectivity index (χ0) is 18.4. The van der Waals surface area contributed by atoms with Gasteiger partial charge < -0.3 is 10.1 Å². The molecule has 1 atom stereocenters. The van der Waals surface area contributed by atoms with Gasteiger partial charge in [-0.1, -0.05) is 30.3 Å². The van der Waals surface area contributed by atoms with Gasteiger partial charge in [-0.25, -0.2) is 9.78 Å². The number of allylic oxidation sites excluding steroid dienone is 1. The minimum Gasteiger partial charge on any atom is -0.466 e. The van der Waals surface area contributed by atoms with E-state index in [-0.39, 0.29) is 12.0 Å². The normalized spacial score (nSPS) is 16.4. The second-order valence-electron chi connectivity index (χ2n) is 6.70. The van der Waals surface area contributed by atoms with Crippen LogP contribution in [-0.4, -0.2) is 22.6 Å². The smallest absolute Gasteiger partial charge is 0.337 e. The molecule has 132 valence electrons. The summed E-state index contributed by atoms with van der Waals surface area (Å²) in [4.78, 5) is 17.4. The molecule has 0 bridgehead atoms. The standard InChI is InChI=1S/C21H21N3O2/c1-12-10-16-17(11-13(12)2)24-19(15-8-6-5-7-9-15)18(20(25)26-4)14(3)22-21(24)23-16/h5-11,19H,1-4H3,(H,22,23)/t19-/m0/s1. The van der Waals surface area contributed by atoms with Crippen molar-refractivity contribution >= 4 is 23.0 Å². The van der Waals surface area contributed by atoms with Gasteiger partial charge in [-0.2, -0.15) is 0 Å². The number of carbonyl (C=O) groups excluding carboxylic acids is 1. The third-order valence-corrected chi connectivity index (χ3v) is 5.06. The van der Waals surface area contributed by atoms with Gasteiger partial charge in [0.1, 0.15) is 0 Å². The molecule has 5 nitrogen and oxygen atoms in total. The molecule has 1 N–H and O–H groups in total. The summed E-state index contributed by atoms with van der Waals surface area (Å²) in [6.07, 6.45) is 0. The van der Waals surface area contributed by atoms with Crippen molar-refractivity contribution in [1.29, 1.82) is 0 Å². The Morgan fingerprint density at radius 2 is 1.81 bits per heavy atom. The summed E-state index contributed by atoms with van der Waals surface area (Å²) in [5.74, 6) is 0.407. The summed E-state index contributed by atoms with van der Waals surface area (Å²) in [6, 6.07) is 13.9. The van der Waals surface area contributed by atoms with E-state index in [4.69, 9.17) is 9.72 Å². The van der Waals surface area contributed by atoms with Crippen LogP contribution >= 0.6 is 0 Å². The molecule has 5 heteroatoms. The van der Waals surface area contributed by atoms with Crippen molar-refractivity contribution in [3.63, 3.8) is 0 Å². The number of esters is 1. The molecule has 0 unspecified atom stereocenters. The summed E-state index contributed by atoms with van der Waals surface area (Å²) in [5.41, 5.74) is 6.69. The largest absolute Gasteiger partial charge is 0.466 e. The van der Waals surface area contributed by atoms with E-state index in [1.54, 1.807) is 0 Å². The fourth-order valence-corrected chi connectivity index (χ4v) is 3.59. The van der Waals surface area contributed by atoms with Crippen molar-refractivity contribution in [2.24, 2.45) is 0 Å². The molecular weight excluding hydrogens is 326 g/mol. The van der Waals surface area contributed by atoms with Crippen molar-refractivity contribution in [1.82, 2.24) is 9.55 Å². The molecule has 1 aromatic heterocycles. The minimum atomic E-state index is -0.333. The minimum absolute atomic E-state index is 0.285. The van der Waals surface area contributed by atoms with E-state index < -0.39 is 0 Å². The van der Waals surface area contributed by atoms with Gasteiger partial charge >= 0.3 is 5.97 Å². The Hall–Kier alpha value is -3.08. The number of hydrogen-bond acceptors (Lipinski definition) is 4. The van der Waals surface area contributed by atoms with E-state index in [1.807, 2.05) is 37.3 Å². The third kappa shape index (κ3) is 2.39. The quantitative estimate of drug-likeness (QED) is 0.709. The number of aromatic nitrogens is 2. The number of nitrogens with zero attached hydrogens (tertiary/aromatic N) is 2. The van der Waals surface area contributed by atoms with Gasteiger partial charge in [0.2, 0.25) is 5.95 Å². The highest BCUT2D eigenvalue weighted by Gasteiger charge is 2.34. The molecule has 2 heterocycles. The lowest BCUT2D eigenvalue weighted by molar-refractivity contribution is -0.136. The molecule has 0 saturated heterocycles. The summed E-state index contributed by atoms with van der Waals surface area (Å²) in [5, 5.41) is 3.28. The van der Waals surface area contributed by atoms with Crippen molar-refractivity contribution < 1.29 is 9.53 Å². The van der Waals surface area contributed by atoms with Gasteiger partial charge in [0.25, 0.3) is 0 Å². The topological polar surface area (TPSA) is 56.1 Å². The summed E-state index contributed by atoms with van der Waals surface area (Å²) < 4.78 is 7.18. The van der Waals surface area contributed by atoms with Crippen LogP contribution in [0.1, 0.15) is 29.7 Å². The SMILES string of the molecule is COC(=O)C1=C(C)Nc2nc3cc(C)c(C)cc3n2[C@H]1c1ccccc1. The molecule has 2 aromatic carbocycles. The molecule has 3 aromatic rings. The van der Waals surface area contributed by atoms with E-state index in [0.29, 0.717) is 5.57 Å². The monoisotopic (exact) mass is 347 g/mol. The molecule has 0 amide bonds. The predicted molar refractivity (Wildman–Crippen MR) is 102 cm³/mol. The van der Waals surface area contributed by atoms with Crippen LogP contribution in [0.5, 0.6) is 0 Å². The highest BCUT2D eigenvalue weighted by molar-refractivity contribution is 5.94. The number of methoxy groups -OCH3 is 1. The molecule has 0 saturated carbocycles. The molecule has 1 aliphatic heterocycles. The van der Waals surface area contributed by atoms with E-state index >= 15 is 0 Å². The first kappa shape index (κ1) is 16.4. The number of anilines is 1. The van der Waals surface area contributed by atoms with Crippen LogP contribution in [0.3, 0.4) is 0 Å². The fraction of sp³-hybridized carbons (Fsp3) is 0.238. The van der Waals surface area contributed by atoms with Gasteiger partial charge in [-0.3, -0.25) is 4.57 Å². The number of rotatable bonds is 2. The maximum absolute atomic E-state index is 12.6. The maximum atomic E-state index is 12.6. The molecular formula is C21H21N3O2. The van der Waals surface area contributed by atoms with Crippen LogP contribution in [0, 0.1) is 13.8 Å². The second kappa shape index (κ2) is 6.02. The van der Waals surface area contributed by atoms with Crippen LogP contribution < -0.4 is 5.32 Å². The zero-order valence-electron chi connectivity index (χ0n) is 15.3. The van der Waals surface area contributed by atoms with Crippen molar-refractivity contribution in [2.75, 3.05) is 12.4 Å². The van der Waals surface area contributed by atoms with Gasteiger partial charge in [0.15, 0.2) is 0 Å². The Balaban J connectivity index is 2.04. The second-order valence-corrected chi connectivity index (χ2v) is 6.70. The van der Waals surface area contributed by atoms with Gasteiger partial charge in [0, 0.05) is 5.70 Å². The maximum Gasteiger partial charge on any atom is 0.337 e. The van der Waals surface area contributed by atoms with Crippen LogP contribution in [0.2, 0.25) is 0 Å². The molecule has 0 radical (unpaired) electrons. The Morgan fingerprint density at radius 1 is 1.12 bits per heavy atom. The van der Waals surface area contributed by atoms with Crippen molar-refractivity contribution in [3.05, 3.63) is 70.4 Å². The number of nitrogens with one attached hydrogen (secondary N) is 1. The highest BCUT2D eigenvalue weighted by atomic mass is 16.5. The number of ether oxygens (including phenoxy) is 1. The molecule has 1 aliphatic rings. The number of fused-ring (bicyclic) bond motifs is 3. The van der Waals surface area contributed by atoms with Crippen LogP contribution in [0.4, 0.5) is 5.95 Å². The number of imidazole rings is 1. The van der Waals surface area contributed by atoms with Gasteiger partial charge in [-0.15, -0.1) is 0 Å². The third-order valence-electron chi connectivity index (χ3n) is 5.06. The highest BCUT2D eigenvalue weighted by Crippen LogP contribution is 2.39. The fourth-order valence-electron chi connectivity index (χ4n) is 3.59. The first-order chi connectivity index (χ1) is 12.5. The zero-order valence-corrected chi connectivity index (χ0v) is 15.3. The number of benzene rings is 2. The molecule has 0 fully saturated rings. The van der Waals surface area contributed by atoms with Crippen molar-refractivity contribution in [3.8, 4) is 0 Å².